The first-order valence-electron chi connectivity index (χ1n) is 5.18. The van der Waals surface area contributed by atoms with Crippen molar-refractivity contribution >= 4 is 17.3 Å². The Kier molecular flexibility index (Phi) is 5.58. The number of nitrogens with zero attached hydrogens (tertiary/aromatic N) is 1. The fraction of sp³-hybridized carbons (Fsp3) is 0.556. The number of H-pyrrole nitrogens is 1. The van der Waals surface area contributed by atoms with Crippen molar-refractivity contribution < 1.29 is 0 Å². The van der Waals surface area contributed by atoms with Crippen LogP contribution in [-0.4, -0.2) is 17.5 Å². The van der Waals surface area contributed by atoms with E-state index in [-0.39, 0.29) is 4.87 Å². The molecule has 1 aromatic rings. The van der Waals surface area contributed by atoms with Crippen LogP contribution in [0.3, 0.4) is 0 Å². The van der Waals surface area contributed by atoms with Crippen molar-refractivity contribution in [2.45, 2.75) is 26.3 Å². The number of hydrogen-bond donors (Lipinski definition) is 4. The van der Waals surface area contributed by atoms with Gasteiger partial charge in [-0.25, -0.2) is 10.8 Å². The third-order valence-corrected chi connectivity index (χ3v) is 2.66. The fourth-order valence-corrected chi connectivity index (χ4v) is 1.66. The fourth-order valence-electron chi connectivity index (χ4n) is 1.09. The molecular formula is C9H17N5OS. The smallest absolute Gasteiger partial charge is 0.304 e. The average Bonchev–Trinajstić information content (AvgIpc) is 2.69. The average molecular weight is 243 g/mol. The Morgan fingerprint density at radius 2 is 2.50 bits per heavy atom. The summed E-state index contributed by atoms with van der Waals surface area (Å²) in [6.07, 6.45) is 2.18. The number of hydrazine groups is 1. The lowest BCUT2D eigenvalue weighted by molar-refractivity contribution is 0.731. The van der Waals surface area contributed by atoms with Crippen molar-refractivity contribution in [3.05, 3.63) is 20.7 Å². The summed E-state index contributed by atoms with van der Waals surface area (Å²) in [4.78, 5) is 17.7. The van der Waals surface area contributed by atoms with Crippen LogP contribution >= 0.6 is 11.3 Å². The highest BCUT2D eigenvalue weighted by atomic mass is 32.1. The molecule has 1 aromatic heterocycles. The van der Waals surface area contributed by atoms with Gasteiger partial charge in [0.15, 0.2) is 0 Å². The standard InChI is InChI=1S/C9H17N5OS/c1-2-3-4-11-8(14-10)12-5-7-6-16-9(15)13-7/h6H,2-5,10H2,1H3,(H,13,15)(H2,11,12,14). The molecule has 1 heterocycles. The van der Waals surface area contributed by atoms with E-state index in [0.29, 0.717) is 12.5 Å². The summed E-state index contributed by atoms with van der Waals surface area (Å²) >= 11 is 1.13. The maximum Gasteiger partial charge on any atom is 0.304 e. The lowest BCUT2D eigenvalue weighted by atomic mass is 10.3. The van der Waals surface area contributed by atoms with Crippen molar-refractivity contribution in [1.29, 1.82) is 0 Å². The Hall–Kier alpha value is -1.34. The van der Waals surface area contributed by atoms with Gasteiger partial charge in [-0.15, -0.1) is 0 Å². The molecule has 0 aliphatic carbocycles. The van der Waals surface area contributed by atoms with Gasteiger partial charge in [0.05, 0.1) is 12.2 Å². The predicted molar refractivity (Wildman–Crippen MR) is 66.3 cm³/mol. The van der Waals surface area contributed by atoms with Gasteiger partial charge in [-0.3, -0.25) is 10.2 Å². The molecule has 0 fully saturated rings. The largest absolute Gasteiger partial charge is 0.355 e. The number of aromatic nitrogens is 1. The van der Waals surface area contributed by atoms with Gasteiger partial charge in [-0.05, 0) is 6.42 Å². The van der Waals surface area contributed by atoms with Gasteiger partial charge >= 0.3 is 4.87 Å². The third-order valence-electron chi connectivity index (χ3n) is 1.94. The zero-order chi connectivity index (χ0) is 11.8. The zero-order valence-corrected chi connectivity index (χ0v) is 10.1. The predicted octanol–water partition coefficient (Wildman–Crippen LogP) is 0.145. The van der Waals surface area contributed by atoms with E-state index >= 15 is 0 Å². The third kappa shape index (κ3) is 4.45. The topological polar surface area (TPSA) is 95.3 Å². The molecule has 0 aliphatic heterocycles. The first kappa shape index (κ1) is 12.7. The second-order valence-corrected chi connectivity index (χ2v) is 4.11. The number of rotatable bonds is 5. The molecule has 0 spiro atoms. The molecule has 0 bridgehead atoms. The molecule has 0 saturated heterocycles. The van der Waals surface area contributed by atoms with E-state index in [2.05, 4.69) is 27.6 Å². The van der Waals surface area contributed by atoms with Crippen molar-refractivity contribution in [1.82, 2.24) is 15.7 Å². The lowest BCUT2D eigenvalue weighted by Crippen LogP contribution is -2.42. The highest BCUT2D eigenvalue weighted by Crippen LogP contribution is 1.97. The Balaban J connectivity index is 2.43. The molecule has 90 valence electrons. The Labute approximate surface area is 97.9 Å². The summed E-state index contributed by atoms with van der Waals surface area (Å²) in [6.45, 7) is 3.36. The molecule has 1 rings (SSSR count). The van der Waals surface area contributed by atoms with Crippen LogP contribution in [-0.2, 0) is 6.54 Å². The molecule has 0 atom stereocenters. The number of thiazole rings is 1. The van der Waals surface area contributed by atoms with Crippen LogP contribution in [0, 0.1) is 0 Å². The minimum atomic E-state index is -0.0635. The van der Waals surface area contributed by atoms with Gasteiger partial charge in [-0.1, -0.05) is 24.7 Å². The normalized spacial score (nSPS) is 11.5. The lowest BCUT2D eigenvalue weighted by Gasteiger charge is -2.07. The monoisotopic (exact) mass is 243 g/mol. The summed E-state index contributed by atoms with van der Waals surface area (Å²) < 4.78 is 0. The Morgan fingerprint density at radius 3 is 3.06 bits per heavy atom. The molecule has 7 heteroatoms. The van der Waals surface area contributed by atoms with E-state index < -0.39 is 0 Å². The molecular weight excluding hydrogens is 226 g/mol. The van der Waals surface area contributed by atoms with Crippen molar-refractivity contribution in [2.75, 3.05) is 6.54 Å². The number of guanidine groups is 1. The van der Waals surface area contributed by atoms with Crippen molar-refractivity contribution in [3.8, 4) is 0 Å². The molecule has 6 nitrogen and oxygen atoms in total. The van der Waals surface area contributed by atoms with Gasteiger partial charge in [0.2, 0.25) is 5.96 Å². The van der Waals surface area contributed by atoms with Gasteiger partial charge in [0.1, 0.15) is 0 Å². The van der Waals surface area contributed by atoms with E-state index in [1.807, 2.05) is 0 Å². The van der Waals surface area contributed by atoms with Crippen molar-refractivity contribution in [3.63, 3.8) is 0 Å². The molecule has 0 amide bonds. The molecule has 0 unspecified atom stereocenters. The van der Waals surface area contributed by atoms with Crippen LogP contribution in [0.5, 0.6) is 0 Å². The molecule has 0 aromatic carbocycles. The second kappa shape index (κ2) is 7.02. The van der Waals surface area contributed by atoms with E-state index in [9.17, 15) is 4.79 Å². The van der Waals surface area contributed by atoms with Crippen LogP contribution in [0.1, 0.15) is 25.5 Å². The molecule has 0 aliphatic rings. The van der Waals surface area contributed by atoms with Crippen molar-refractivity contribution in [2.24, 2.45) is 10.8 Å². The summed E-state index contributed by atoms with van der Waals surface area (Å²) in [5.74, 6) is 5.85. The number of nitrogens with two attached hydrogens (primary N) is 1. The van der Waals surface area contributed by atoms with Crippen LogP contribution in [0.25, 0.3) is 0 Å². The van der Waals surface area contributed by atoms with E-state index in [0.717, 1.165) is 36.4 Å². The van der Waals surface area contributed by atoms with Crippen LogP contribution in [0.15, 0.2) is 15.2 Å². The SMILES string of the molecule is CCCCNC(=NCc1csc(=O)[nH]1)NN. The highest BCUT2D eigenvalue weighted by Gasteiger charge is 1.97. The summed E-state index contributed by atoms with van der Waals surface area (Å²) in [5, 5.41) is 4.83. The number of aromatic amines is 1. The van der Waals surface area contributed by atoms with Crippen LogP contribution < -0.4 is 21.5 Å². The second-order valence-electron chi connectivity index (χ2n) is 3.26. The first-order valence-corrected chi connectivity index (χ1v) is 6.06. The minimum Gasteiger partial charge on any atom is -0.355 e. The van der Waals surface area contributed by atoms with Crippen LogP contribution in [0.4, 0.5) is 0 Å². The Bertz CT molecular complexity index is 383. The van der Waals surface area contributed by atoms with Gasteiger partial charge in [0.25, 0.3) is 0 Å². The Morgan fingerprint density at radius 1 is 1.69 bits per heavy atom. The van der Waals surface area contributed by atoms with Crippen LogP contribution in [0.2, 0.25) is 0 Å². The summed E-state index contributed by atoms with van der Waals surface area (Å²) in [5.41, 5.74) is 3.28. The quantitative estimate of drug-likeness (QED) is 0.194. The summed E-state index contributed by atoms with van der Waals surface area (Å²) in [7, 11) is 0. The van der Waals surface area contributed by atoms with Gasteiger partial charge < -0.3 is 10.3 Å². The molecule has 0 radical (unpaired) electrons. The minimum absolute atomic E-state index is 0.0635. The molecule has 16 heavy (non-hydrogen) atoms. The van der Waals surface area contributed by atoms with Gasteiger partial charge in [-0.2, -0.15) is 0 Å². The van der Waals surface area contributed by atoms with E-state index in [1.165, 1.54) is 0 Å². The summed E-state index contributed by atoms with van der Waals surface area (Å²) in [6, 6.07) is 0. The number of hydrogen-bond acceptors (Lipinski definition) is 4. The zero-order valence-electron chi connectivity index (χ0n) is 9.25. The number of aliphatic imine (C=N–C) groups is 1. The van der Waals surface area contributed by atoms with Gasteiger partial charge in [0, 0.05) is 11.9 Å². The highest BCUT2D eigenvalue weighted by molar-refractivity contribution is 7.07. The maximum absolute atomic E-state index is 10.9. The number of nitrogens with one attached hydrogen (secondary N) is 3. The van der Waals surface area contributed by atoms with E-state index in [1.54, 1.807) is 5.38 Å². The maximum atomic E-state index is 10.9. The van der Waals surface area contributed by atoms with E-state index in [4.69, 9.17) is 5.84 Å². The molecule has 5 N–H and O–H groups in total. The number of unbranched alkanes of at least 4 members (excludes halogenated alkanes) is 1. The molecule has 0 saturated carbocycles. The first-order chi connectivity index (χ1) is 7.76.